The summed E-state index contributed by atoms with van der Waals surface area (Å²) in [6, 6.07) is 1.95. The van der Waals surface area contributed by atoms with Crippen molar-refractivity contribution in [3.63, 3.8) is 0 Å². The van der Waals surface area contributed by atoms with Crippen molar-refractivity contribution < 1.29 is 19.4 Å². The Morgan fingerprint density at radius 3 is 3.28 bits per heavy atom. The van der Waals surface area contributed by atoms with E-state index in [0.717, 1.165) is 42.8 Å². The summed E-state index contributed by atoms with van der Waals surface area (Å²) in [5, 5.41) is 10.5. The average Bonchev–Trinajstić information content (AvgIpc) is 2.97. The Bertz CT molecular complexity index is 418. The number of ether oxygens (including phenoxy) is 2. The molecule has 0 amide bonds. The zero-order valence-corrected chi connectivity index (χ0v) is 10.8. The summed E-state index contributed by atoms with van der Waals surface area (Å²) in [5.41, 5.74) is 0.908. The van der Waals surface area contributed by atoms with Gasteiger partial charge < -0.3 is 14.6 Å². The standard InChI is InChI=1S/C13H16O4S/c14-13(15)2-1-10-5-12(18-9-10)8-17-7-11-3-4-16-6-11/h1-2,5,9,11H,3-4,6-8H2,(H,14,15). The van der Waals surface area contributed by atoms with E-state index < -0.39 is 5.97 Å². The molecule has 18 heavy (non-hydrogen) atoms. The van der Waals surface area contributed by atoms with Gasteiger partial charge in [0.25, 0.3) is 0 Å². The van der Waals surface area contributed by atoms with E-state index in [0.29, 0.717) is 12.5 Å². The fourth-order valence-corrected chi connectivity index (χ4v) is 2.56. The lowest BCUT2D eigenvalue weighted by Crippen LogP contribution is -2.08. The Balaban J connectivity index is 1.74. The van der Waals surface area contributed by atoms with Crippen molar-refractivity contribution in [1.29, 1.82) is 0 Å². The Labute approximate surface area is 110 Å². The summed E-state index contributed by atoms with van der Waals surface area (Å²) < 4.78 is 10.9. The van der Waals surface area contributed by atoms with E-state index in [2.05, 4.69) is 0 Å². The van der Waals surface area contributed by atoms with Crippen molar-refractivity contribution >= 4 is 23.4 Å². The molecule has 1 N–H and O–H groups in total. The summed E-state index contributed by atoms with van der Waals surface area (Å²) in [6.45, 7) is 2.97. The van der Waals surface area contributed by atoms with Crippen LogP contribution in [0.25, 0.3) is 6.08 Å². The Hall–Kier alpha value is -1.17. The molecule has 0 spiro atoms. The van der Waals surface area contributed by atoms with Crippen molar-refractivity contribution in [3.05, 3.63) is 28.0 Å². The lowest BCUT2D eigenvalue weighted by atomic mass is 10.1. The number of carboxylic acids is 1. The molecule has 98 valence electrons. The fourth-order valence-electron chi connectivity index (χ4n) is 1.77. The van der Waals surface area contributed by atoms with Gasteiger partial charge in [-0.2, -0.15) is 0 Å². The molecule has 0 aliphatic carbocycles. The van der Waals surface area contributed by atoms with Gasteiger partial charge in [-0.1, -0.05) is 0 Å². The quantitative estimate of drug-likeness (QED) is 0.805. The van der Waals surface area contributed by atoms with Crippen LogP contribution >= 0.6 is 11.3 Å². The first-order chi connectivity index (χ1) is 8.74. The zero-order chi connectivity index (χ0) is 12.8. The topological polar surface area (TPSA) is 55.8 Å². The second kappa shape index (κ2) is 6.68. The van der Waals surface area contributed by atoms with Crippen LogP contribution in [0, 0.1) is 5.92 Å². The van der Waals surface area contributed by atoms with Gasteiger partial charge in [0.2, 0.25) is 0 Å². The van der Waals surface area contributed by atoms with E-state index in [1.807, 2.05) is 11.4 Å². The molecule has 1 aromatic rings. The molecule has 1 unspecified atom stereocenters. The largest absolute Gasteiger partial charge is 0.478 e. The van der Waals surface area contributed by atoms with Crippen molar-refractivity contribution in [3.8, 4) is 0 Å². The molecule has 1 aliphatic rings. The molecule has 4 nitrogen and oxygen atoms in total. The van der Waals surface area contributed by atoms with Crippen molar-refractivity contribution in [1.82, 2.24) is 0 Å². The maximum Gasteiger partial charge on any atom is 0.328 e. The Kier molecular flexibility index (Phi) is 4.92. The highest BCUT2D eigenvalue weighted by atomic mass is 32.1. The van der Waals surface area contributed by atoms with Crippen LogP contribution in [0.1, 0.15) is 16.9 Å². The van der Waals surface area contributed by atoms with Crippen LogP contribution in [-0.2, 0) is 20.9 Å². The molecule has 0 bridgehead atoms. The van der Waals surface area contributed by atoms with Gasteiger partial charge in [-0.05, 0) is 29.5 Å². The molecule has 1 fully saturated rings. The van der Waals surface area contributed by atoms with Gasteiger partial charge in [0.1, 0.15) is 0 Å². The summed E-state index contributed by atoms with van der Waals surface area (Å²) >= 11 is 1.58. The molecule has 1 saturated heterocycles. The third kappa shape index (κ3) is 4.25. The van der Waals surface area contributed by atoms with E-state index in [1.165, 1.54) is 0 Å². The van der Waals surface area contributed by atoms with Crippen LogP contribution in [0.5, 0.6) is 0 Å². The lowest BCUT2D eigenvalue weighted by Gasteiger charge is -2.07. The highest BCUT2D eigenvalue weighted by molar-refractivity contribution is 7.10. The number of hydrogen-bond donors (Lipinski definition) is 1. The smallest absolute Gasteiger partial charge is 0.328 e. The van der Waals surface area contributed by atoms with Crippen LogP contribution in [0.3, 0.4) is 0 Å². The molecule has 2 rings (SSSR count). The van der Waals surface area contributed by atoms with E-state index in [4.69, 9.17) is 14.6 Å². The van der Waals surface area contributed by atoms with E-state index in [9.17, 15) is 4.79 Å². The normalized spacial score (nSPS) is 19.7. The van der Waals surface area contributed by atoms with Gasteiger partial charge in [0.15, 0.2) is 0 Å². The number of hydrogen-bond acceptors (Lipinski definition) is 4. The van der Waals surface area contributed by atoms with Gasteiger partial charge >= 0.3 is 5.97 Å². The summed E-state index contributed by atoms with van der Waals surface area (Å²) in [6.07, 6.45) is 3.81. The van der Waals surface area contributed by atoms with Crippen molar-refractivity contribution in [2.45, 2.75) is 13.0 Å². The highest BCUT2D eigenvalue weighted by Gasteiger charge is 2.15. The maximum absolute atomic E-state index is 10.4. The van der Waals surface area contributed by atoms with Gasteiger partial charge in [-0.3, -0.25) is 0 Å². The third-order valence-electron chi connectivity index (χ3n) is 2.71. The predicted molar refractivity (Wildman–Crippen MR) is 69.6 cm³/mol. The average molecular weight is 268 g/mol. The second-order valence-electron chi connectivity index (χ2n) is 4.26. The molecule has 0 radical (unpaired) electrons. The molecular formula is C13H16O4S. The fraction of sp³-hybridized carbons (Fsp3) is 0.462. The first-order valence-corrected chi connectivity index (χ1v) is 6.76. The monoisotopic (exact) mass is 268 g/mol. The van der Waals surface area contributed by atoms with Crippen LogP contribution < -0.4 is 0 Å². The minimum Gasteiger partial charge on any atom is -0.478 e. The summed E-state index contributed by atoms with van der Waals surface area (Å²) in [7, 11) is 0. The third-order valence-corrected chi connectivity index (χ3v) is 3.64. The van der Waals surface area contributed by atoms with E-state index >= 15 is 0 Å². The molecule has 1 aromatic heterocycles. The lowest BCUT2D eigenvalue weighted by molar-refractivity contribution is -0.131. The van der Waals surface area contributed by atoms with E-state index in [-0.39, 0.29) is 0 Å². The van der Waals surface area contributed by atoms with Crippen LogP contribution in [0.4, 0.5) is 0 Å². The molecule has 1 atom stereocenters. The second-order valence-corrected chi connectivity index (χ2v) is 5.26. The number of rotatable bonds is 6. The number of thiophene rings is 1. The molecule has 0 saturated carbocycles. The molecular weight excluding hydrogens is 252 g/mol. The zero-order valence-electron chi connectivity index (χ0n) is 10.0. The first-order valence-electron chi connectivity index (χ1n) is 5.88. The molecule has 0 aromatic carbocycles. The van der Waals surface area contributed by atoms with Gasteiger partial charge in [0, 0.05) is 23.5 Å². The maximum atomic E-state index is 10.4. The SMILES string of the molecule is O=C(O)C=Cc1csc(COCC2CCOC2)c1. The van der Waals surface area contributed by atoms with Gasteiger partial charge in [-0.15, -0.1) is 11.3 Å². The highest BCUT2D eigenvalue weighted by Crippen LogP contribution is 2.18. The Morgan fingerprint density at radius 1 is 1.67 bits per heavy atom. The van der Waals surface area contributed by atoms with Crippen molar-refractivity contribution in [2.24, 2.45) is 5.92 Å². The molecule has 5 heteroatoms. The van der Waals surface area contributed by atoms with Crippen LogP contribution in [0.15, 0.2) is 17.5 Å². The summed E-state index contributed by atoms with van der Waals surface area (Å²) in [4.78, 5) is 11.5. The minimum atomic E-state index is -0.930. The number of carbonyl (C=O) groups is 1. The minimum absolute atomic E-state index is 0.524. The Morgan fingerprint density at radius 2 is 2.56 bits per heavy atom. The summed E-state index contributed by atoms with van der Waals surface area (Å²) in [5.74, 6) is -0.406. The van der Waals surface area contributed by atoms with E-state index in [1.54, 1.807) is 17.4 Å². The van der Waals surface area contributed by atoms with Crippen LogP contribution in [0.2, 0.25) is 0 Å². The van der Waals surface area contributed by atoms with Crippen LogP contribution in [-0.4, -0.2) is 30.9 Å². The molecule has 2 heterocycles. The van der Waals surface area contributed by atoms with Gasteiger partial charge in [0.05, 0.1) is 19.8 Å². The van der Waals surface area contributed by atoms with Gasteiger partial charge in [-0.25, -0.2) is 4.79 Å². The molecule has 1 aliphatic heterocycles. The predicted octanol–water partition coefficient (Wildman–Crippen LogP) is 2.40. The first kappa shape index (κ1) is 13.3. The number of aliphatic carboxylic acids is 1. The number of carboxylic acid groups (broad SMARTS) is 1. The van der Waals surface area contributed by atoms with Crippen molar-refractivity contribution in [2.75, 3.05) is 19.8 Å².